The van der Waals surface area contributed by atoms with Crippen molar-refractivity contribution < 1.29 is 50.4 Å². The van der Waals surface area contributed by atoms with Gasteiger partial charge in [0.2, 0.25) is 0 Å². The van der Waals surface area contributed by atoms with E-state index in [9.17, 15) is 0 Å². The molecule has 0 fully saturated rings. The Bertz CT molecular complexity index is 15.7. The molecule has 31 valence electrons. The summed E-state index contributed by atoms with van der Waals surface area (Å²) in [5.41, 5.74) is 0. The molecule has 2 nitrogen and oxygen atoms in total. The van der Waals surface area contributed by atoms with Crippen molar-refractivity contribution in [3.05, 3.63) is 0 Å². The van der Waals surface area contributed by atoms with Crippen molar-refractivity contribution in [3.8, 4) is 0 Å². The van der Waals surface area contributed by atoms with Gasteiger partial charge in [-0.25, -0.2) is 0 Å². The van der Waals surface area contributed by atoms with Crippen LogP contribution in [0.2, 0.25) is 0 Å². The fourth-order valence-corrected chi connectivity index (χ4v) is 0. The van der Waals surface area contributed by atoms with Crippen LogP contribution in [0.25, 0.3) is 0 Å². The Morgan fingerprint density at radius 3 is 1.00 bits per heavy atom. The van der Waals surface area contributed by atoms with E-state index in [1.165, 1.54) is 0 Å². The van der Waals surface area contributed by atoms with Crippen molar-refractivity contribution in [2.24, 2.45) is 0 Å². The maximum atomic E-state index is 0. The third-order valence-corrected chi connectivity index (χ3v) is 0. The van der Waals surface area contributed by atoms with Crippen LogP contribution in [0.4, 0.5) is 0 Å². The minimum Gasteiger partial charge on any atom is -1.00 e. The first kappa shape index (κ1) is 69.4. The molecule has 1 radical (unpaired) electrons. The Morgan fingerprint density at radius 2 is 1.00 bits per heavy atom. The van der Waals surface area contributed by atoms with Crippen molar-refractivity contribution in [2.75, 3.05) is 0 Å². The molecule has 0 saturated heterocycles. The summed E-state index contributed by atoms with van der Waals surface area (Å²) in [6.45, 7) is 0. The zero-order valence-corrected chi connectivity index (χ0v) is 7.93. The van der Waals surface area contributed by atoms with E-state index in [4.69, 9.17) is 0 Å². The minimum atomic E-state index is 0. The molecule has 2 N–H and O–H groups in total. The molecular formula is H4CuMgO2Zn. The van der Waals surface area contributed by atoms with Gasteiger partial charge in [0, 0.05) is 17.1 Å². The average molecular weight is 189 g/mol. The molecule has 0 aromatic carbocycles. The molecule has 5 heavy (non-hydrogen) atoms. The van der Waals surface area contributed by atoms with E-state index in [0.29, 0.717) is 0 Å². The molecule has 0 heterocycles. The van der Waals surface area contributed by atoms with E-state index in [1.54, 1.807) is 0 Å². The second kappa shape index (κ2) is 40.6. The van der Waals surface area contributed by atoms with Crippen LogP contribution >= 0.6 is 0 Å². The van der Waals surface area contributed by atoms with Crippen molar-refractivity contribution in [1.82, 2.24) is 0 Å². The van der Waals surface area contributed by atoms with Gasteiger partial charge in [0.1, 0.15) is 0 Å². The van der Waals surface area contributed by atoms with Crippen molar-refractivity contribution in [1.29, 1.82) is 0 Å². The first-order valence-electron chi connectivity index (χ1n) is 0. The summed E-state index contributed by atoms with van der Waals surface area (Å²) in [7, 11) is 0. The fourth-order valence-electron chi connectivity index (χ4n) is 0. The van der Waals surface area contributed by atoms with Gasteiger partial charge in [0.05, 0.1) is 0 Å². The fraction of sp³-hybridized carbons (Fsp3) is 0. The molecule has 5 heteroatoms. The van der Waals surface area contributed by atoms with Gasteiger partial charge >= 0.3 is 42.5 Å². The number of hydrogen-bond donors (Lipinski definition) is 0. The summed E-state index contributed by atoms with van der Waals surface area (Å²) < 4.78 is 0. The first-order chi connectivity index (χ1) is 0. The Kier molecular flexibility index (Phi) is 564. The third-order valence-electron chi connectivity index (χ3n) is 0. The summed E-state index contributed by atoms with van der Waals surface area (Å²) >= 11 is 0. The molecule has 0 aromatic heterocycles. The standard InChI is InChI=1S/Cu.Mg.2H2O.Zn.2H/h;;2*1H2;;;/q;+2;;;+2;2*-1/p-2. The molecular weight excluding hydrogens is 185 g/mol. The van der Waals surface area contributed by atoms with Gasteiger partial charge in [0.15, 0.2) is 0 Å². The summed E-state index contributed by atoms with van der Waals surface area (Å²) in [4.78, 5) is 0. The summed E-state index contributed by atoms with van der Waals surface area (Å²) in [6.07, 6.45) is 0. The number of hydrogen-bond acceptors (Lipinski definition) is 2. The molecule has 0 atom stereocenters. The van der Waals surface area contributed by atoms with Crippen LogP contribution in [0.1, 0.15) is 2.85 Å². The van der Waals surface area contributed by atoms with Crippen LogP contribution < -0.4 is 0 Å². The summed E-state index contributed by atoms with van der Waals surface area (Å²) in [6, 6.07) is 0. The van der Waals surface area contributed by atoms with E-state index in [-0.39, 0.29) is 73.4 Å². The molecule has 0 amide bonds. The Balaban J connectivity index is 0. The minimum absolute atomic E-state index is 0. The molecule has 0 aliphatic heterocycles. The zero-order chi connectivity index (χ0) is 0. The van der Waals surface area contributed by atoms with E-state index in [0.717, 1.165) is 0 Å². The van der Waals surface area contributed by atoms with Crippen LogP contribution in [-0.4, -0.2) is 34.0 Å². The van der Waals surface area contributed by atoms with Crippen LogP contribution in [0.15, 0.2) is 0 Å². The summed E-state index contributed by atoms with van der Waals surface area (Å²) in [5, 5.41) is 0. The SMILES string of the molecule is [Cu].[H-].[H-].[Mg+2].[OH-].[OH-].[Zn+2]. The molecule has 0 bridgehead atoms. The van der Waals surface area contributed by atoms with Crippen LogP contribution in [0, 0.1) is 0 Å². The van der Waals surface area contributed by atoms with Crippen molar-refractivity contribution >= 4 is 23.1 Å². The molecule has 0 aromatic rings. The predicted molar refractivity (Wildman–Crippen MR) is 11.8 cm³/mol. The largest absolute Gasteiger partial charge is 2.00 e. The second-order valence-corrected chi connectivity index (χ2v) is 0. The topological polar surface area (TPSA) is 60.0 Å². The van der Waals surface area contributed by atoms with E-state index in [2.05, 4.69) is 0 Å². The molecule has 0 aliphatic rings. The van der Waals surface area contributed by atoms with Crippen LogP contribution in [-0.2, 0) is 36.5 Å². The monoisotopic (exact) mass is 187 g/mol. The van der Waals surface area contributed by atoms with Crippen molar-refractivity contribution in [2.45, 2.75) is 0 Å². The maximum Gasteiger partial charge on any atom is 2.00 e. The number of rotatable bonds is 0. The first-order valence-corrected chi connectivity index (χ1v) is 0. The molecule has 0 unspecified atom stereocenters. The van der Waals surface area contributed by atoms with Gasteiger partial charge in [-0.2, -0.15) is 0 Å². The van der Waals surface area contributed by atoms with Crippen molar-refractivity contribution in [3.63, 3.8) is 0 Å². The Hall–Kier alpha value is 1.83. The Morgan fingerprint density at radius 1 is 1.00 bits per heavy atom. The quantitative estimate of drug-likeness (QED) is 0.482. The van der Waals surface area contributed by atoms with E-state index < -0.39 is 0 Å². The van der Waals surface area contributed by atoms with Gasteiger partial charge in [-0.05, 0) is 0 Å². The predicted octanol–water partition coefficient (Wildman–Crippen LogP) is -0.514. The van der Waals surface area contributed by atoms with Gasteiger partial charge in [-0.1, -0.05) is 0 Å². The molecule has 0 rings (SSSR count). The average Bonchev–Trinajstić information content (AvgIpc) is 0. The molecule has 0 aliphatic carbocycles. The summed E-state index contributed by atoms with van der Waals surface area (Å²) in [5.74, 6) is 0. The third kappa shape index (κ3) is 25.5. The second-order valence-electron chi connectivity index (χ2n) is 0. The van der Waals surface area contributed by atoms with E-state index >= 15 is 0 Å². The normalized spacial score (nSPS) is 0. The van der Waals surface area contributed by atoms with E-state index in [1.807, 2.05) is 0 Å². The van der Waals surface area contributed by atoms with Gasteiger partial charge in [-0.3, -0.25) is 0 Å². The molecule has 0 spiro atoms. The smallest absolute Gasteiger partial charge is 1.00 e. The van der Waals surface area contributed by atoms with Gasteiger partial charge in [0.25, 0.3) is 0 Å². The van der Waals surface area contributed by atoms with Gasteiger partial charge in [-0.15, -0.1) is 0 Å². The zero-order valence-electron chi connectivity index (χ0n) is 4.61. The Labute approximate surface area is 73.0 Å². The van der Waals surface area contributed by atoms with Crippen LogP contribution in [0.5, 0.6) is 0 Å². The molecule has 0 saturated carbocycles. The maximum absolute atomic E-state index is 0. The van der Waals surface area contributed by atoms with Crippen LogP contribution in [0.3, 0.4) is 0 Å². The van der Waals surface area contributed by atoms with Gasteiger partial charge < -0.3 is 13.8 Å².